The van der Waals surface area contributed by atoms with Crippen molar-refractivity contribution in [2.45, 2.75) is 466 Å². The van der Waals surface area contributed by atoms with Crippen molar-refractivity contribution in [2.75, 3.05) is 78.8 Å². The first-order valence-corrected chi connectivity index (χ1v) is 48.3. The van der Waals surface area contributed by atoms with Crippen LogP contribution >= 0.6 is 0 Å². The highest BCUT2D eigenvalue weighted by atomic mass is 16.5. The van der Waals surface area contributed by atoms with Crippen LogP contribution in [0.5, 0.6) is 0 Å². The van der Waals surface area contributed by atoms with E-state index < -0.39 is 0 Å². The van der Waals surface area contributed by atoms with Crippen LogP contribution in [-0.2, 0) is 47.7 Å². The third kappa shape index (κ3) is 71.1. The van der Waals surface area contributed by atoms with E-state index in [1.165, 1.54) is 218 Å². The van der Waals surface area contributed by atoms with Crippen LogP contribution in [0.4, 0.5) is 0 Å². The predicted molar refractivity (Wildman–Crippen MR) is 467 cm³/mol. The number of unbranched alkanes of at least 4 members (excludes halogenated alkanes) is 44. The first-order chi connectivity index (χ1) is 53.9. The quantitative estimate of drug-likeness (QED) is 0.0256. The van der Waals surface area contributed by atoms with Crippen molar-refractivity contribution in [1.82, 2.24) is 20.4 Å². The summed E-state index contributed by atoms with van der Waals surface area (Å²) in [7, 11) is 0. The molecule has 14 heteroatoms. The van der Waals surface area contributed by atoms with Crippen LogP contribution in [0.2, 0.25) is 0 Å². The Labute approximate surface area is 681 Å². The number of esters is 4. The lowest BCUT2D eigenvalue weighted by Gasteiger charge is -2.22. The van der Waals surface area contributed by atoms with Gasteiger partial charge < -0.3 is 39.4 Å². The summed E-state index contributed by atoms with van der Waals surface area (Å²) >= 11 is 0. The summed E-state index contributed by atoms with van der Waals surface area (Å²) in [4.78, 5) is 84.8. The molecule has 0 aliphatic carbocycles. The average Bonchev–Trinajstić information content (AvgIpc) is 1.03. The van der Waals surface area contributed by atoms with E-state index in [1.807, 2.05) is 0 Å². The standard InChI is InChI=1S/C96H184N4O10/c1-9-17-25-33-37-53-69-87(65-49-29-21-13-5)93(103)107-83-61-45-41-57-77-99(78-58-42-46-62-84-108-94(104)88(66-50-30-22-14-6)70-54-38-34-26-18-10-2)81-75-97-91(101)73-74-92(102)98-76-82-100(79-59-43-47-63-85-109-95(105)89(67-51-31-23-15-7)71-55-39-35-27-19-11-3)80-60-44-48-64-86-110-96(106)90(68-52-32-24-16-8)72-56-40-36-28-20-12-4/h73-74,87-90H,9-72,75-86H2,1-8H3,(H,97,101)(H,98,102). The Morgan fingerprint density at radius 2 is 0.382 bits per heavy atom. The second-order valence-electron chi connectivity index (χ2n) is 33.3. The smallest absolute Gasteiger partial charge is 0.308 e. The van der Waals surface area contributed by atoms with Crippen LogP contribution in [0.15, 0.2) is 12.2 Å². The topological polar surface area (TPSA) is 170 Å². The Morgan fingerprint density at radius 3 is 0.582 bits per heavy atom. The Kier molecular flexibility index (Phi) is 82.2. The number of amides is 2. The lowest BCUT2D eigenvalue weighted by molar-refractivity contribution is -0.150. The van der Waals surface area contributed by atoms with Gasteiger partial charge in [-0.05, 0) is 129 Å². The highest BCUT2D eigenvalue weighted by Crippen LogP contribution is 2.26. The van der Waals surface area contributed by atoms with Gasteiger partial charge in [-0.3, -0.25) is 28.8 Å². The molecule has 0 aromatic rings. The molecule has 0 aliphatic heterocycles. The minimum Gasteiger partial charge on any atom is -0.465 e. The predicted octanol–water partition coefficient (Wildman–Crippen LogP) is 26.1. The van der Waals surface area contributed by atoms with Crippen molar-refractivity contribution >= 4 is 35.7 Å². The highest BCUT2D eigenvalue weighted by molar-refractivity contribution is 5.96. The fourth-order valence-corrected chi connectivity index (χ4v) is 15.4. The molecular formula is C96H184N4O10. The number of hydrogen-bond donors (Lipinski definition) is 2. The van der Waals surface area contributed by atoms with Gasteiger partial charge in [-0.25, -0.2) is 0 Å². The van der Waals surface area contributed by atoms with Crippen LogP contribution in [-0.4, -0.2) is 124 Å². The molecule has 0 aromatic carbocycles. The number of rotatable bonds is 88. The molecule has 0 saturated carbocycles. The van der Waals surface area contributed by atoms with Gasteiger partial charge in [0, 0.05) is 38.3 Å². The number of carbonyl (C=O) groups is 6. The Balaban J connectivity index is 5.77. The summed E-state index contributed by atoms with van der Waals surface area (Å²) in [6.45, 7) is 25.8. The number of hydrogen-bond acceptors (Lipinski definition) is 12. The van der Waals surface area contributed by atoms with E-state index in [0.29, 0.717) is 52.6 Å². The van der Waals surface area contributed by atoms with E-state index in [4.69, 9.17) is 18.9 Å². The second kappa shape index (κ2) is 84.9. The molecule has 2 amide bonds. The summed E-state index contributed by atoms with van der Waals surface area (Å²) in [5.41, 5.74) is 0. The zero-order valence-electron chi connectivity index (χ0n) is 74.2. The highest BCUT2D eigenvalue weighted by Gasteiger charge is 2.24. The second-order valence-corrected chi connectivity index (χ2v) is 33.3. The fourth-order valence-electron chi connectivity index (χ4n) is 15.4. The molecule has 0 saturated heterocycles. The molecule has 14 nitrogen and oxygen atoms in total. The van der Waals surface area contributed by atoms with Crippen LogP contribution in [0.3, 0.4) is 0 Å². The minimum absolute atomic E-state index is 0.00654. The summed E-state index contributed by atoms with van der Waals surface area (Å²) < 4.78 is 23.8. The molecule has 110 heavy (non-hydrogen) atoms. The van der Waals surface area contributed by atoms with Gasteiger partial charge in [0.25, 0.3) is 0 Å². The molecular weight excluding hydrogens is 1370 g/mol. The number of nitrogens with one attached hydrogen (secondary N) is 2. The minimum atomic E-state index is -0.286. The van der Waals surface area contributed by atoms with Crippen molar-refractivity contribution in [3.05, 3.63) is 12.2 Å². The molecule has 2 N–H and O–H groups in total. The maximum absolute atomic E-state index is 13.4. The van der Waals surface area contributed by atoms with Crippen molar-refractivity contribution in [3.8, 4) is 0 Å². The summed E-state index contributed by atoms with van der Waals surface area (Å²) in [5, 5.41) is 6.11. The van der Waals surface area contributed by atoms with Gasteiger partial charge in [-0.1, -0.05) is 364 Å². The van der Waals surface area contributed by atoms with Gasteiger partial charge in [0.1, 0.15) is 0 Å². The Morgan fingerprint density at radius 1 is 0.218 bits per heavy atom. The normalized spacial score (nSPS) is 12.8. The lowest BCUT2D eigenvalue weighted by atomic mass is 9.94. The number of ether oxygens (including phenoxy) is 4. The van der Waals surface area contributed by atoms with Crippen LogP contribution in [0.1, 0.15) is 466 Å². The SMILES string of the molecule is CCCCCCCCC(CCCCCC)C(=O)OCCCCCCN(CCCCCCOC(=O)C(CCCCCC)CCCCCCCC)CCNC(=O)C=CC(=O)NCCN(CCCCCCOC(=O)C(CCCCCC)CCCCCCCC)CCCCCCOC(=O)C(CCCCCC)CCCCCCCC. The Bertz CT molecular complexity index is 1800. The molecule has 0 spiro atoms. The van der Waals surface area contributed by atoms with Gasteiger partial charge in [-0.15, -0.1) is 0 Å². The summed E-state index contributed by atoms with van der Waals surface area (Å²) in [6, 6.07) is 0. The van der Waals surface area contributed by atoms with Crippen LogP contribution in [0, 0.1) is 23.7 Å². The van der Waals surface area contributed by atoms with Crippen molar-refractivity contribution < 1.29 is 47.7 Å². The van der Waals surface area contributed by atoms with Gasteiger partial charge in [0.05, 0.1) is 50.1 Å². The van der Waals surface area contributed by atoms with Crippen LogP contribution in [0.25, 0.3) is 0 Å². The van der Waals surface area contributed by atoms with E-state index in [2.05, 4.69) is 75.8 Å². The van der Waals surface area contributed by atoms with Gasteiger partial charge in [-0.2, -0.15) is 0 Å². The summed E-state index contributed by atoms with van der Waals surface area (Å²) in [5.74, 6) is -0.460. The number of carbonyl (C=O) groups excluding carboxylic acids is 6. The molecule has 0 aromatic heterocycles. The third-order valence-electron chi connectivity index (χ3n) is 22.9. The molecule has 0 aliphatic rings. The monoisotopic (exact) mass is 1550 g/mol. The average molecular weight is 1550 g/mol. The summed E-state index contributed by atoms with van der Waals surface area (Å²) in [6.07, 6.45) is 74.2. The maximum atomic E-state index is 13.4. The maximum Gasteiger partial charge on any atom is 0.308 e. The van der Waals surface area contributed by atoms with Crippen molar-refractivity contribution in [3.63, 3.8) is 0 Å². The van der Waals surface area contributed by atoms with Gasteiger partial charge in [0.15, 0.2) is 0 Å². The first kappa shape index (κ1) is 106. The molecule has 0 rings (SSSR count). The van der Waals surface area contributed by atoms with E-state index >= 15 is 0 Å². The Hall–Kier alpha value is -3.52. The molecule has 648 valence electrons. The lowest BCUT2D eigenvalue weighted by Crippen LogP contribution is -2.36. The zero-order chi connectivity index (χ0) is 80.3. The van der Waals surface area contributed by atoms with E-state index in [1.54, 1.807) is 0 Å². The van der Waals surface area contributed by atoms with E-state index in [-0.39, 0.29) is 59.4 Å². The van der Waals surface area contributed by atoms with Gasteiger partial charge in [0.2, 0.25) is 11.8 Å². The molecule has 0 radical (unpaired) electrons. The van der Waals surface area contributed by atoms with Crippen LogP contribution < -0.4 is 10.6 Å². The largest absolute Gasteiger partial charge is 0.465 e. The fraction of sp³-hybridized carbons (Fsp3) is 0.917. The van der Waals surface area contributed by atoms with Gasteiger partial charge >= 0.3 is 23.9 Å². The number of nitrogens with zero attached hydrogens (tertiary/aromatic N) is 2. The third-order valence-corrected chi connectivity index (χ3v) is 22.9. The first-order valence-electron chi connectivity index (χ1n) is 48.3. The molecule has 0 fully saturated rings. The molecule has 4 atom stereocenters. The molecule has 0 bridgehead atoms. The van der Waals surface area contributed by atoms with E-state index in [0.717, 1.165) is 232 Å². The van der Waals surface area contributed by atoms with E-state index in [9.17, 15) is 28.8 Å². The van der Waals surface area contributed by atoms with Crippen molar-refractivity contribution in [2.24, 2.45) is 23.7 Å². The van der Waals surface area contributed by atoms with Crippen molar-refractivity contribution in [1.29, 1.82) is 0 Å². The molecule has 4 unspecified atom stereocenters. The zero-order valence-corrected chi connectivity index (χ0v) is 74.2. The molecule has 0 heterocycles.